The first kappa shape index (κ1) is 14.6. The highest BCUT2D eigenvalue weighted by Crippen LogP contribution is 2.60. The zero-order chi connectivity index (χ0) is 16.2. The summed E-state index contributed by atoms with van der Waals surface area (Å²) >= 11 is 0. The molecule has 3 aliphatic carbocycles. The van der Waals surface area contributed by atoms with E-state index in [0.29, 0.717) is 34.8 Å². The standard InChI is InChI=1S/C19H20N2O2/c1-19-9-8-13-12-3-2-11(10-20)18(21-23)15(12)5-4-14(13)16(19)6-7-17(19)22/h2-3,13-14,16H,4-9H2,1H3/t13?,14?,16?,19-/m0/s1. The highest BCUT2D eigenvalue weighted by Gasteiger charge is 2.54. The van der Waals surface area contributed by atoms with Gasteiger partial charge in [0.05, 0.1) is 5.56 Å². The van der Waals surface area contributed by atoms with E-state index < -0.39 is 0 Å². The molecule has 0 aromatic heterocycles. The predicted molar refractivity (Wildman–Crippen MR) is 86.2 cm³/mol. The molecule has 4 rings (SSSR count). The third kappa shape index (κ3) is 1.86. The van der Waals surface area contributed by atoms with Crippen molar-refractivity contribution >= 4 is 11.5 Å². The Hall–Kier alpha value is -2.02. The fourth-order valence-corrected chi connectivity index (χ4v) is 5.61. The summed E-state index contributed by atoms with van der Waals surface area (Å²) in [7, 11) is 0. The molecule has 0 N–H and O–H groups in total. The van der Waals surface area contributed by atoms with Gasteiger partial charge in [0, 0.05) is 11.8 Å². The lowest BCUT2D eigenvalue weighted by molar-refractivity contribution is -0.129. The highest BCUT2D eigenvalue weighted by molar-refractivity contribution is 5.87. The van der Waals surface area contributed by atoms with Crippen LogP contribution >= 0.6 is 0 Å². The molecule has 1 aromatic carbocycles. The number of rotatable bonds is 1. The third-order valence-electron chi connectivity index (χ3n) is 6.80. The highest BCUT2D eigenvalue weighted by atomic mass is 16.3. The van der Waals surface area contributed by atoms with E-state index in [2.05, 4.69) is 18.2 Å². The molecule has 4 heteroatoms. The molecule has 23 heavy (non-hydrogen) atoms. The van der Waals surface area contributed by atoms with Gasteiger partial charge in [-0.25, -0.2) is 0 Å². The predicted octanol–water partition coefficient (Wildman–Crippen LogP) is 4.38. The van der Waals surface area contributed by atoms with Gasteiger partial charge >= 0.3 is 0 Å². The van der Waals surface area contributed by atoms with Crippen molar-refractivity contribution < 1.29 is 4.79 Å². The number of hydrogen-bond donors (Lipinski definition) is 0. The Labute approximate surface area is 135 Å². The van der Waals surface area contributed by atoms with E-state index in [0.717, 1.165) is 44.1 Å². The van der Waals surface area contributed by atoms with Crippen LogP contribution in [0.2, 0.25) is 0 Å². The van der Waals surface area contributed by atoms with Crippen LogP contribution in [-0.4, -0.2) is 5.78 Å². The van der Waals surface area contributed by atoms with E-state index >= 15 is 0 Å². The number of Topliss-reactive ketones (excluding diaryl/α,β-unsaturated/α-hetero) is 1. The number of nitrogens with zero attached hydrogens (tertiary/aromatic N) is 2. The third-order valence-corrected chi connectivity index (χ3v) is 6.80. The molecular formula is C19H20N2O2. The van der Waals surface area contributed by atoms with Crippen LogP contribution in [0.5, 0.6) is 0 Å². The zero-order valence-electron chi connectivity index (χ0n) is 13.3. The van der Waals surface area contributed by atoms with Crippen LogP contribution in [0.3, 0.4) is 0 Å². The molecule has 2 saturated carbocycles. The first-order valence-corrected chi connectivity index (χ1v) is 8.52. The number of fused-ring (bicyclic) bond motifs is 5. The van der Waals surface area contributed by atoms with Gasteiger partial charge in [0.15, 0.2) is 0 Å². The van der Waals surface area contributed by atoms with E-state index in [9.17, 15) is 15.0 Å². The number of carbonyl (C=O) groups excluding carboxylic acids is 1. The topological polar surface area (TPSA) is 70.3 Å². The first-order valence-electron chi connectivity index (χ1n) is 8.52. The van der Waals surface area contributed by atoms with Crippen LogP contribution < -0.4 is 0 Å². The second-order valence-corrected chi connectivity index (χ2v) is 7.57. The van der Waals surface area contributed by atoms with Gasteiger partial charge < -0.3 is 0 Å². The van der Waals surface area contributed by atoms with Crippen molar-refractivity contribution in [3.63, 3.8) is 0 Å². The molecule has 4 nitrogen and oxygen atoms in total. The molecular weight excluding hydrogens is 288 g/mol. The summed E-state index contributed by atoms with van der Waals surface area (Å²) in [4.78, 5) is 23.6. The molecule has 3 aliphatic rings. The molecule has 0 aliphatic heterocycles. The Morgan fingerprint density at radius 2 is 2.09 bits per heavy atom. The minimum absolute atomic E-state index is 0.128. The summed E-state index contributed by atoms with van der Waals surface area (Å²) in [5, 5.41) is 12.3. The molecule has 0 spiro atoms. The van der Waals surface area contributed by atoms with Crippen molar-refractivity contribution in [2.45, 2.75) is 51.4 Å². The number of benzene rings is 1. The monoisotopic (exact) mass is 308 g/mol. The van der Waals surface area contributed by atoms with E-state index in [1.165, 1.54) is 5.56 Å². The molecule has 0 saturated heterocycles. The van der Waals surface area contributed by atoms with Crippen LogP contribution in [-0.2, 0) is 11.2 Å². The van der Waals surface area contributed by atoms with Gasteiger partial charge in [-0.3, -0.25) is 4.79 Å². The Morgan fingerprint density at radius 3 is 2.83 bits per heavy atom. The largest absolute Gasteiger partial charge is 0.299 e. The molecule has 0 heterocycles. The smallest absolute Gasteiger partial charge is 0.139 e. The molecule has 0 radical (unpaired) electrons. The number of hydrogen-bond acceptors (Lipinski definition) is 4. The van der Waals surface area contributed by atoms with Crippen molar-refractivity contribution in [2.75, 3.05) is 0 Å². The fourth-order valence-electron chi connectivity index (χ4n) is 5.61. The number of nitriles is 1. The summed E-state index contributed by atoms with van der Waals surface area (Å²) in [5.41, 5.74) is 2.79. The molecule has 0 bridgehead atoms. The molecule has 4 atom stereocenters. The number of ketones is 1. The van der Waals surface area contributed by atoms with Gasteiger partial charge in [-0.1, -0.05) is 13.0 Å². The van der Waals surface area contributed by atoms with Gasteiger partial charge in [-0.05, 0) is 72.2 Å². The van der Waals surface area contributed by atoms with E-state index in [1.54, 1.807) is 6.07 Å². The summed E-state index contributed by atoms with van der Waals surface area (Å²) in [6.07, 6.45) is 5.49. The second kappa shape index (κ2) is 4.99. The van der Waals surface area contributed by atoms with Crippen LogP contribution in [0.4, 0.5) is 5.69 Å². The average Bonchev–Trinajstić information content (AvgIpc) is 2.88. The van der Waals surface area contributed by atoms with E-state index in [4.69, 9.17) is 0 Å². The van der Waals surface area contributed by atoms with Gasteiger partial charge in [0.1, 0.15) is 17.5 Å². The summed E-state index contributed by atoms with van der Waals surface area (Å²) < 4.78 is 0. The molecule has 3 unspecified atom stereocenters. The normalized spacial score (nSPS) is 35.0. The van der Waals surface area contributed by atoms with Crippen molar-refractivity contribution in [1.29, 1.82) is 5.26 Å². The molecule has 118 valence electrons. The van der Waals surface area contributed by atoms with Crippen molar-refractivity contribution in [3.8, 4) is 6.07 Å². The first-order chi connectivity index (χ1) is 11.1. The summed E-state index contributed by atoms with van der Waals surface area (Å²) in [5.74, 6) is 1.86. The quantitative estimate of drug-likeness (QED) is 0.723. The summed E-state index contributed by atoms with van der Waals surface area (Å²) in [6.45, 7) is 2.16. The second-order valence-electron chi connectivity index (χ2n) is 7.57. The van der Waals surface area contributed by atoms with Crippen LogP contribution in [0, 0.1) is 33.5 Å². The maximum absolute atomic E-state index is 12.3. The van der Waals surface area contributed by atoms with E-state index in [1.807, 2.05) is 6.07 Å². The van der Waals surface area contributed by atoms with Crippen molar-refractivity contribution in [2.24, 2.45) is 22.4 Å². The number of carbonyl (C=O) groups is 1. The van der Waals surface area contributed by atoms with Crippen LogP contribution in [0.25, 0.3) is 0 Å². The van der Waals surface area contributed by atoms with Crippen molar-refractivity contribution in [3.05, 3.63) is 33.7 Å². The van der Waals surface area contributed by atoms with Gasteiger partial charge in [-0.2, -0.15) is 5.26 Å². The van der Waals surface area contributed by atoms with Crippen molar-refractivity contribution in [1.82, 2.24) is 0 Å². The minimum Gasteiger partial charge on any atom is -0.299 e. The van der Waals surface area contributed by atoms with Crippen LogP contribution in [0.15, 0.2) is 17.3 Å². The summed E-state index contributed by atoms with van der Waals surface area (Å²) in [6, 6.07) is 5.85. The Balaban J connectivity index is 1.78. The molecule has 0 amide bonds. The zero-order valence-corrected chi connectivity index (χ0v) is 13.3. The Bertz CT molecular complexity index is 748. The number of nitroso groups, excluding NO2 is 1. The Morgan fingerprint density at radius 1 is 1.26 bits per heavy atom. The lowest BCUT2D eigenvalue weighted by Gasteiger charge is -2.48. The Kier molecular flexibility index (Phi) is 3.16. The molecule has 2 fully saturated rings. The lowest BCUT2D eigenvalue weighted by Crippen LogP contribution is -2.42. The maximum Gasteiger partial charge on any atom is 0.139 e. The maximum atomic E-state index is 12.3. The average molecular weight is 308 g/mol. The lowest BCUT2D eigenvalue weighted by atomic mass is 9.55. The fraction of sp³-hybridized carbons (Fsp3) is 0.579. The van der Waals surface area contributed by atoms with Crippen LogP contribution in [0.1, 0.15) is 61.6 Å². The van der Waals surface area contributed by atoms with Gasteiger partial charge in [0.25, 0.3) is 0 Å². The van der Waals surface area contributed by atoms with Gasteiger partial charge in [-0.15, -0.1) is 4.91 Å². The minimum atomic E-state index is -0.128. The van der Waals surface area contributed by atoms with Gasteiger partial charge in [0.2, 0.25) is 0 Å². The SMILES string of the molecule is C[C@]12CCC3c4ccc(C#N)c(N=O)c4CCC3C1CCC2=O. The van der Waals surface area contributed by atoms with E-state index in [-0.39, 0.29) is 5.41 Å². The molecule has 1 aromatic rings.